The first-order valence-corrected chi connectivity index (χ1v) is 9.69. The molecule has 138 valence electrons. The molecule has 1 saturated heterocycles. The van der Waals surface area contributed by atoms with Crippen molar-refractivity contribution in [2.24, 2.45) is 0 Å². The van der Waals surface area contributed by atoms with Gasteiger partial charge in [-0.15, -0.1) is 0 Å². The predicted molar refractivity (Wildman–Crippen MR) is 102 cm³/mol. The molecule has 0 radical (unpaired) electrons. The van der Waals surface area contributed by atoms with Gasteiger partial charge in [-0.25, -0.2) is 9.97 Å². The van der Waals surface area contributed by atoms with Gasteiger partial charge in [-0.05, 0) is 49.4 Å². The van der Waals surface area contributed by atoms with Crippen molar-refractivity contribution in [3.63, 3.8) is 0 Å². The van der Waals surface area contributed by atoms with Crippen molar-refractivity contribution in [1.29, 1.82) is 0 Å². The molecule has 2 fully saturated rings. The van der Waals surface area contributed by atoms with Crippen LogP contribution in [0.15, 0.2) is 42.7 Å². The first-order valence-electron chi connectivity index (χ1n) is 9.69. The molecule has 2 aromatic rings. The highest BCUT2D eigenvalue weighted by molar-refractivity contribution is 5.34. The number of benzene rings is 1. The average Bonchev–Trinajstić information content (AvgIpc) is 2.75. The third-order valence-electron chi connectivity index (χ3n) is 6.09. The zero-order chi connectivity index (χ0) is 17.8. The lowest BCUT2D eigenvalue weighted by Gasteiger charge is -2.50. The molecular formula is C21H28N4O. The highest BCUT2D eigenvalue weighted by Crippen LogP contribution is 2.47. The number of nitrogens with one attached hydrogen (secondary N) is 1. The monoisotopic (exact) mass is 352 g/mol. The quantitative estimate of drug-likeness (QED) is 0.917. The third kappa shape index (κ3) is 3.33. The van der Waals surface area contributed by atoms with E-state index in [1.54, 1.807) is 7.11 Å². The second-order valence-electron chi connectivity index (χ2n) is 7.38. The van der Waals surface area contributed by atoms with Gasteiger partial charge >= 0.3 is 0 Å². The van der Waals surface area contributed by atoms with E-state index < -0.39 is 0 Å². The van der Waals surface area contributed by atoms with Crippen LogP contribution in [0.4, 0.5) is 0 Å². The molecule has 1 aliphatic heterocycles. The lowest BCUT2D eigenvalue weighted by Crippen LogP contribution is -2.55. The van der Waals surface area contributed by atoms with Gasteiger partial charge in [-0.2, -0.15) is 0 Å². The summed E-state index contributed by atoms with van der Waals surface area (Å²) in [5.41, 5.74) is 1.49. The second kappa shape index (κ2) is 7.72. The number of methoxy groups -OCH3 is 1. The van der Waals surface area contributed by atoms with Crippen LogP contribution in [0.2, 0.25) is 0 Å². The van der Waals surface area contributed by atoms with Crippen LogP contribution in [0.25, 0.3) is 0 Å². The maximum atomic E-state index is 5.52. The number of piperazine rings is 1. The molecule has 0 bridgehead atoms. The largest absolute Gasteiger partial charge is 0.497 e. The minimum absolute atomic E-state index is 0.0991. The summed E-state index contributed by atoms with van der Waals surface area (Å²) < 4.78 is 5.52. The van der Waals surface area contributed by atoms with E-state index >= 15 is 0 Å². The Morgan fingerprint density at radius 1 is 1.08 bits per heavy atom. The summed E-state index contributed by atoms with van der Waals surface area (Å²) in [4.78, 5) is 11.7. The zero-order valence-corrected chi connectivity index (χ0v) is 15.5. The topological polar surface area (TPSA) is 50.3 Å². The van der Waals surface area contributed by atoms with Crippen molar-refractivity contribution >= 4 is 0 Å². The van der Waals surface area contributed by atoms with Crippen LogP contribution in [-0.4, -0.2) is 48.2 Å². The van der Waals surface area contributed by atoms with E-state index in [1.165, 1.54) is 5.56 Å². The van der Waals surface area contributed by atoms with E-state index in [-0.39, 0.29) is 5.54 Å². The molecule has 26 heavy (non-hydrogen) atoms. The van der Waals surface area contributed by atoms with E-state index in [2.05, 4.69) is 38.4 Å². The summed E-state index contributed by atoms with van der Waals surface area (Å²) in [5, 5.41) is 3.49. The van der Waals surface area contributed by atoms with Crippen molar-refractivity contribution < 1.29 is 4.74 Å². The highest BCUT2D eigenvalue weighted by Gasteiger charge is 2.42. The van der Waals surface area contributed by atoms with E-state index in [0.29, 0.717) is 5.92 Å². The SMILES string of the molecule is COc1cccc(C2(N3CCNCC3)CCC(c3ncccn3)CC2)c1. The van der Waals surface area contributed by atoms with Crippen LogP contribution in [-0.2, 0) is 5.54 Å². The number of ether oxygens (including phenoxy) is 1. The maximum absolute atomic E-state index is 5.52. The molecule has 0 amide bonds. The van der Waals surface area contributed by atoms with Crippen LogP contribution in [0.3, 0.4) is 0 Å². The minimum atomic E-state index is 0.0991. The summed E-state index contributed by atoms with van der Waals surface area (Å²) in [6.07, 6.45) is 8.27. The van der Waals surface area contributed by atoms with Gasteiger partial charge in [0, 0.05) is 50.0 Å². The molecule has 1 aliphatic carbocycles. The molecule has 2 heterocycles. The Kier molecular flexibility index (Phi) is 5.18. The molecule has 2 aliphatic rings. The second-order valence-corrected chi connectivity index (χ2v) is 7.38. The number of rotatable bonds is 4. The Hall–Kier alpha value is -1.98. The van der Waals surface area contributed by atoms with Crippen molar-refractivity contribution in [1.82, 2.24) is 20.2 Å². The average molecular weight is 352 g/mol. The Balaban J connectivity index is 1.62. The van der Waals surface area contributed by atoms with Crippen LogP contribution in [0.5, 0.6) is 5.75 Å². The molecule has 0 atom stereocenters. The maximum Gasteiger partial charge on any atom is 0.131 e. The van der Waals surface area contributed by atoms with Crippen LogP contribution in [0.1, 0.15) is 43.0 Å². The van der Waals surface area contributed by atoms with Gasteiger partial charge in [-0.3, -0.25) is 4.90 Å². The molecule has 4 rings (SSSR count). The molecule has 5 heteroatoms. The zero-order valence-electron chi connectivity index (χ0n) is 15.5. The van der Waals surface area contributed by atoms with Crippen LogP contribution < -0.4 is 10.1 Å². The van der Waals surface area contributed by atoms with E-state index in [0.717, 1.165) is 63.4 Å². The van der Waals surface area contributed by atoms with Gasteiger partial charge in [0.1, 0.15) is 11.6 Å². The van der Waals surface area contributed by atoms with Gasteiger partial charge in [-0.1, -0.05) is 12.1 Å². The van der Waals surface area contributed by atoms with Gasteiger partial charge < -0.3 is 10.1 Å². The van der Waals surface area contributed by atoms with E-state index in [1.807, 2.05) is 24.5 Å². The number of hydrogen-bond acceptors (Lipinski definition) is 5. The van der Waals surface area contributed by atoms with Gasteiger partial charge in [0.15, 0.2) is 0 Å². The summed E-state index contributed by atoms with van der Waals surface area (Å²) in [7, 11) is 1.75. The Morgan fingerprint density at radius 3 is 2.50 bits per heavy atom. The van der Waals surface area contributed by atoms with Gasteiger partial charge in [0.05, 0.1) is 7.11 Å². The standard InChI is InChI=1S/C21H28N4O/c1-26-19-5-2-4-18(16-19)21(25-14-12-22-13-15-25)8-6-17(7-9-21)20-23-10-3-11-24-20/h2-5,10-11,16-17,22H,6-9,12-15H2,1H3. The summed E-state index contributed by atoms with van der Waals surface area (Å²) >= 11 is 0. The lowest BCUT2D eigenvalue weighted by atomic mass is 9.71. The summed E-state index contributed by atoms with van der Waals surface area (Å²) in [6, 6.07) is 10.6. The predicted octanol–water partition coefficient (Wildman–Crippen LogP) is 2.94. The Labute approximate surface area is 155 Å². The normalized spacial score (nSPS) is 27.2. The minimum Gasteiger partial charge on any atom is -0.497 e. The third-order valence-corrected chi connectivity index (χ3v) is 6.09. The van der Waals surface area contributed by atoms with Crippen molar-refractivity contribution in [2.45, 2.75) is 37.1 Å². The Bertz CT molecular complexity index is 707. The first kappa shape index (κ1) is 17.4. The van der Waals surface area contributed by atoms with Gasteiger partial charge in [0.25, 0.3) is 0 Å². The smallest absolute Gasteiger partial charge is 0.131 e. The fourth-order valence-electron chi connectivity index (χ4n) is 4.67. The van der Waals surface area contributed by atoms with Crippen molar-refractivity contribution in [3.8, 4) is 5.75 Å². The number of hydrogen-bond donors (Lipinski definition) is 1. The first-order chi connectivity index (χ1) is 12.8. The van der Waals surface area contributed by atoms with Crippen LogP contribution in [0, 0.1) is 0 Å². The molecule has 0 spiro atoms. The molecule has 5 nitrogen and oxygen atoms in total. The molecule has 0 unspecified atom stereocenters. The number of nitrogens with zero attached hydrogens (tertiary/aromatic N) is 3. The van der Waals surface area contributed by atoms with Gasteiger partial charge in [0.2, 0.25) is 0 Å². The molecule has 1 aromatic carbocycles. The highest BCUT2D eigenvalue weighted by atomic mass is 16.5. The number of aromatic nitrogens is 2. The molecule has 1 saturated carbocycles. The van der Waals surface area contributed by atoms with E-state index in [4.69, 9.17) is 4.74 Å². The summed E-state index contributed by atoms with van der Waals surface area (Å²) in [5.74, 6) is 2.43. The fourth-order valence-corrected chi connectivity index (χ4v) is 4.67. The molecule has 1 aromatic heterocycles. The molecule has 1 N–H and O–H groups in total. The Morgan fingerprint density at radius 2 is 1.81 bits per heavy atom. The van der Waals surface area contributed by atoms with Crippen molar-refractivity contribution in [3.05, 3.63) is 54.1 Å². The fraction of sp³-hybridized carbons (Fsp3) is 0.524. The molecular weight excluding hydrogens is 324 g/mol. The van der Waals surface area contributed by atoms with Crippen molar-refractivity contribution in [2.75, 3.05) is 33.3 Å². The van der Waals surface area contributed by atoms with Crippen LogP contribution >= 0.6 is 0 Å². The summed E-state index contributed by atoms with van der Waals surface area (Å²) in [6.45, 7) is 4.33. The van der Waals surface area contributed by atoms with E-state index in [9.17, 15) is 0 Å². The lowest BCUT2D eigenvalue weighted by molar-refractivity contribution is 0.0304.